The highest BCUT2D eigenvalue weighted by Crippen LogP contribution is 2.24. The van der Waals surface area contributed by atoms with Crippen LogP contribution in [0, 0.1) is 25.1 Å². The van der Waals surface area contributed by atoms with Crippen molar-refractivity contribution in [1.82, 2.24) is 15.1 Å². The summed E-state index contributed by atoms with van der Waals surface area (Å²) in [6.45, 7) is 2.12. The van der Waals surface area contributed by atoms with Gasteiger partial charge in [-0.05, 0) is 31.2 Å². The molecule has 0 aliphatic carbocycles. The number of rotatable bonds is 4. The van der Waals surface area contributed by atoms with E-state index in [9.17, 15) is 9.18 Å². The molecule has 0 unspecified atom stereocenters. The molecule has 0 saturated heterocycles. The third-order valence-electron chi connectivity index (χ3n) is 3.73. The zero-order valence-electron chi connectivity index (χ0n) is 13.7. The Bertz CT molecular complexity index is 935. The molecule has 0 spiro atoms. The van der Waals surface area contributed by atoms with Gasteiger partial charge in [-0.3, -0.25) is 4.79 Å². The number of nitrogens with one attached hydrogen (secondary N) is 1. The van der Waals surface area contributed by atoms with Gasteiger partial charge in [0.2, 0.25) is 0 Å². The predicted octanol–water partition coefficient (Wildman–Crippen LogP) is 3.35. The van der Waals surface area contributed by atoms with Crippen LogP contribution in [0.5, 0.6) is 0 Å². The Balaban J connectivity index is 2.07. The summed E-state index contributed by atoms with van der Waals surface area (Å²) < 4.78 is 14.7. The molecule has 0 radical (unpaired) electrons. The zero-order chi connectivity index (χ0) is 17.8. The molecule has 0 saturated carbocycles. The molecule has 25 heavy (non-hydrogen) atoms. The second-order valence-corrected chi connectivity index (χ2v) is 5.57. The van der Waals surface area contributed by atoms with Crippen LogP contribution in [0.25, 0.3) is 16.9 Å². The van der Waals surface area contributed by atoms with Gasteiger partial charge in [0.1, 0.15) is 11.5 Å². The average Bonchev–Trinajstić information content (AvgIpc) is 3.06. The largest absolute Gasteiger partial charge is 0.341 e. The van der Waals surface area contributed by atoms with Gasteiger partial charge in [-0.15, -0.1) is 6.42 Å². The number of aryl methyl sites for hydroxylation is 1. The summed E-state index contributed by atoms with van der Waals surface area (Å²) in [5.74, 6) is 1.74. The topological polar surface area (TPSA) is 46.9 Å². The first-order valence-corrected chi connectivity index (χ1v) is 7.73. The van der Waals surface area contributed by atoms with Crippen LogP contribution in [0.15, 0.2) is 54.7 Å². The zero-order valence-corrected chi connectivity index (χ0v) is 13.7. The van der Waals surface area contributed by atoms with Gasteiger partial charge in [0, 0.05) is 11.8 Å². The number of terminal acetylenes is 1. The summed E-state index contributed by atoms with van der Waals surface area (Å²) in [7, 11) is 0. The maximum absolute atomic E-state index is 13.1. The van der Waals surface area contributed by atoms with Crippen LogP contribution in [-0.4, -0.2) is 22.2 Å². The highest BCUT2D eigenvalue weighted by atomic mass is 19.1. The second kappa shape index (κ2) is 7.02. The third-order valence-corrected chi connectivity index (χ3v) is 3.73. The minimum atomic E-state index is -0.332. The molecule has 0 bridgehead atoms. The van der Waals surface area contributed by atoms with Crippen LogP contribution < -0.4 is 5.32 Å². The molecule has 3 rings (SSSR count). The number of aromatic nitrogens is 2. The lowest BCUT2D eigenvalue weighted by Gasteiger charge is -2.03. The highest BCUT2D eigenvalue weighted by Gasteiger charge is 2.18. The number of hydrogen-bond acceptors (Lipinski definition) is 2. The number of carbonyl (C=O) groups excluding carboxylic acids is 1. The van der Waals surface area contributed by atoms with Crippen LogP contribution in [0.3, 0.4) is 0 Å². The molecule has 2 aromatic carbocycles. The molecule has 1 N–H and O–H groups in total. The van der Waals surface area contributed by atoms with Crippen molar-refractivity contribution >= 4 is 5.91 Å². The van der Waals surface area contributed by atoms with Crippen molar-refractivity contribution in [3.63, 3.8) is 0 Å². The standard InChI is InChI=1S/C20H16FN3O/c1-3-12-22-20(25)18-13-24(17-10-8-16(21)9-11-17)23-19(18)15-6-4-14(2)5-7-15/h1,4-11,13H,12H2,2H3,(H,22,25). The van der Waals surface area contributed by atoms with E-state index in [0.717, 1.165) is 11.1 Å². The summed E-state index contributed by atoms with van der Waals surface area (Å²) in [6, 6.07) is 13.6. The third kappa shape index (κ3) is 3.59. The van der Waals surface area contributed by atoms with Gasteiger partial charge in [0.25, 0.3) is 5.91 Å². The van der Waals surface area contributed by atoms with E-state index in [1.165, 1.54) is 12.1 Å². The van der Waals surface area contributed by atoms with E-state index in [0.29, 0.717) is 16.9 Å². The van der Waals surface area contributed by atoms with Crippen molar-refractivity contribution < 1.29 is 9.18 Å². The van der Waals surface area contributed by atoms with Crippen molar-refractivity contribution in [3.05, 3.63) is 71.7 Å². The van der Waals surface area contributed by atoms with Gasteiger partial charge >= 0.3 is 0 Å². The lowest BCUT2D eigenvalue weighted by atomic mass is 10.1. The van der Waals surface area contributed by atoms with Gasteiger partial charge in [-0.2, -0.15) is 5.10 Å². The Hall–Kier alpha value is -3.39. The van der Waals surface area contributed by atoms with E-state index in [1.54, 1.807) is 23.0 Å². The fourth-order valence-corrected chi connectivity index (χ4v) is 2.42. The molecular weight excluding hydrogens is 317 g/mol. The Morgan fingerprint density at radius 1 is 1.20 bits per heavy atom. The number of hydrogen-bond donors (Lipinski definition) is 1. The number of benzene rings is 2. The van der Waals surface area contributed by atoms with E-state index >= 15 is 0 Å². The van der Waals surface area contributed by atoms with Crippen LogP contribution in [-0.2, 0) is 0 Å². The lowest BCUT2D eigenvalue weighted by molar-refractivity contribution is 0.0959. The monoisotopic (exact) mass is 333 g/mol. The molecule has 4 nitrogen and oxygen atoms in total. The predicted molar refractivity (Wildman–Crippen MR) is 94.9 cm³/mol. The van der Waals surface area contributed by atoms with Gasteiger partial charge in [0.15, 0.2) is 0 Å². The number of nitrogens with zero attached hydrogens (tertiary/aromatic N) is 2. The Morgan fingerprint density at radius 3 is 2.52 bits per heavy atom. The molecule has 0 atom stereocenters. The number of carbonyl (C=O) groups is 1. The molecule has 1 amide bonds. The van der Waals surface area contributed by atoms with Gasteiger partial charge in [-0.25, -0.2) is 9.07 Å². The SMILES string of the molecule is C#CCNC(=O)c1cn(-c2ccc(F)cc2)nc1-c1ccc(C)cc1. The van der Waals surface area contributed by atoms with Crippen molar-refractivity contribution in [2.75, 3.05) is 6.54 Å². The number of halogens is 1. The first-order chi connectivity index (χ1) is 12.1. The van der Waals surface area contributed by atoms with Crippen molar-refractivity contribution in [2.24, 2.45) is 0 Å². The molecular formula is C20H16FN3O. The summed E-state index contributed by atoms with van der Waals surface area (Å²) in [6.07, 6.45) is 6.83. The lowest BCUT2D eigenvalue weighted by Crippen LogP contribution is -2.23. The quantitative estimate of drug-likeness (QED) is 0.744. The molecule has 5 heteroatoms. The first kappa shape index (κ1) is 16.5. The minimum Gasteiger partial charge on any atom is -0.341 e. The van der Waals surface area contributed by atoms with Crippen LogP contribution >= 0.6 is 0 Å². The molecule has 1 aromatic heterocycles. The summed E-state index contributed by atoms with van der Waals surface area (Å²) in [4.78, 5) is 12.4. The fraction of sp³-hybridized carbons (Fsp3) is 0.100. The highest BCUT2D eigenvalue weighted by molar-refractivity contribution is 6.00. The van der Waals surface area contributed by atoms with E-state index in [-0.39, 0.29) is 18.3 Å². The molecule has 1 heterocycles. The maximum atomic E-state index is 13.1. The second-order valence-electron chi connectivity index (χ2n) is 5.57. The molecule has 3 aromatic rings. The van der Waals surface area contributed by atoms with E-state index in [4.69, 9.17) is 6.42 Å². The van der Waals surface area contributed by atoms with Crippen molar-refractivity contribution in [3.8, 4) is 29.3 Å². The van der Waals surface area contributed by atoms with E-state index in [1.807, 2.05) is 31.2 Å². The molecule has 0 aliphatic rings. The van der Waals surface area contributed by atoms with Gasteiger partial charge in [-0.1, -0.05) is 35.7 Å². The molecule has 124 valence electrons. The molecule has 0 fully saturated rings. The number of amides is 1. The van der Waals surface area contributed by atoms with Crippen molar-refractivity contribution in [2.45, 2.75) is 6.92 Å². The first-order valence-electron chi connectivity index (χ1n) is 7.73. The normalized spacial score (nSPS) is 10.3. The minimum absolute atomic E-state index is 0.133. The summed E-state index contributed by atoms with van der Waals surface area (Å²) in [5, 5.41) is 7.18. The smallest absolute Gasteiger partial charge is 0.255 e. The van der Waals surface area contributed by atoms with Gasteiger partial charge < -0.3 is 5.32 Å². The van der Waals surface area contributed by atoms with Crippen molar-refractivity contribution in [1.29, 1.82) is 0 Å². The Labute approximate surface area is 145 Å². The van der Waals surface area contributed by atoms with E-state index in [2.05, 4.69) is 16.3 Å². The Morgan fingerprint density at radius 2 is 1.88 bits per heavy atom. The van der Waals surface area contributed by atoms with Crippen LogP contribution in [0.4, 0.5) is 4.39 Å². The summed E-state index contributed by atoms with van der Waals surface area (Å²) >= 11 is 0. The fourth-order valence-electron chi connectivity index (χ4n) is 2.42. The maximum Gasteiger partial charge on any atom is 0.255 e. The van der Waals surface area contributed by atoms with Crippen LogP contribution in [0.1, 0.15) is 15.9 Å². The average molecular weight is 333 g/mol. The summed E-state index contributed by atoms with van der Waals surface area (Å²) in [5.41, 5.74) is 3.53. The Kier molecular flexibility index (Phi) is 4.62. The van der Waals surface area contributed by atoms with Gasteiger partial charge in [0.05, 0.1) is 17.8 Å². The van der Waals surface area contributed by atoms with Crippen LogP contribution in [0.2, 0.25) is 0 Å². The van der Waals surface area contributed by atoms with E-state index < -0.39 is 0 Å². The molecule has 0 aliphatic heterocycles.